The highest BCUT2D eigenvalue weighted by Gasteiger charge is 2.31. The first kappa shape index (κ1) is 20.0. The lowest BCUT2D eigenvalue weighted by Gasteiger charge is -2.15. The van der Waals surface area contributed by atoms with Gasteiger partial charge in [0, 0.05) is 18.4 Å². The Hall–Kier alpha value is -2.36. The summed E-state index contributed by atoms with van der Waals surface area (Å²) in [5, 5.41) is 6.58. The summed E-state index contributed by atoms with van der Waals surface area (Å²) in [5.74, 6) is -1.09. The number of carbonyl (C=O) groups excluding carboxylic acids is 1. The number of benzene rings is 1. The summed E-state index contributed by atoms with van der Waals surface area (Å²) in [5.41, 5.74) is 0.577. The van der Waals surface area contributed by atoms with Crippen LogP contribution >= 0.6 is 0 Å². The van der Waals surface area contributed by atoms with Crippen molar-refractivity contribution in [2.75, 3.05) is 17.3 Å². The highest BCUT2D eigenvalue weighted by Crippen LogP contribution is 2.33. The number of hydrogen-bond acceptors (Lipinski definition) is 4. The summed E-state index contributed by atoms with van der Waals surface area (Å²) in [7, 11) is -3.37. The van der Waals surface area contributed by atoms with Crippen LogP contribution in [0.1, 0.15) is 23.4 Å². The molecule has 1 aromatic heterocycles. The number of alkyl halides is 3. The molecule has 1 heterocycles. The van der Waals surface area contributed by atoms with E-state index in [-0.39, 0.29) is 17.8 Å². The Labute approximate surface area is 148 Å². The summed E-state index contributed by atoms with van der Waals surface area (Å²) in [6.45, 7) is 3.46. The molecule has 6 nitrogen and oxygen atoms in total. The second kappa shape index (κ2) is 7.10. The van der Waals surface area contributed by atoms with Gasteiger partial charge in [-0.15, -0.1) is 0 Å². The van der Waals surface area contributed by atoms with Crippen molar-refractivity contribution in [3.8, 4) is 5.69 Å². The molecule has 0 aliphatic heterocycles. The Morgan fingerprint density at radius 3 is 2.38 bits per heavy atom. The van der Waals surface area contributed by atoms with Crippen molar-refractivity contribution >= 4 is 21.4 Å². The van der Waals surface area contributed by atoms with Gasteiger partial charge in [0.25, 0.3) is 0 Å². The van der Waals surface area contributed by atoms with E-state index in [9.17, 15) is 26.4 Å². The molecule has 0 fully saturated rings. The zero-order valence-electron chi connectivity index (χ0n) is 14.4. The van der Waals surface area contributed by atoms with Crippen LogP contribution < -0.4 is 5.32 Å². The van der Waals surface area contributed by atoms with E-state index in [0.717, 1.165) is 18.4 Å². The maximum Gasteiger partial charge on any atom is 0.416 e. The molecular formula is C16H18F3N3O3S. The Morgan fingerprint density at radius 1 is 1.23 bits per heavy atom. The largest absolute Gasteiger partial charge is 0.416 e. The van der Waals surface area contributed by atoms with E-state index in [0.29, 0.717) is 11.4 Å². The zero-order valence-corrected chi connectivity index (χ0v) is 15.2. The lowest BCUT2D eigenvalue weighted by molar-refractivity contribution is -0.137. The Kier molecular flexibility index (Phi) is 5.45. The van der Waals surface area contributed by atoms with Crippen molar-refractivity contribution in [1.82, 2.24) is 9.78 Å². The van der Waals surface area contributed by atoms with Gasteiger partial charge in [0.2, 0.25) is 5.91 Å². The van der Waals surface area contributed by atoms with Crippen LogP contribution in [0.2, 0.25) is 0 Å². The monoisotopic (exact) mass is 389 g/mol. The fourth-order valence-electron chi connectivity index (χ4n) is 2.36. The van der Waals surface area contributed by atoms with Crippen LogP contribution in [0.3, 0.4) is 0 Å². The van der Waals surface area contributed by atoms with Crippen LogP contribution in [-0.4, -0.2) is 36.1 Å². The molecule has 0 aliphatic rings. The van der Waals surface area contributed by atoms with Crippen molar-refractivity contribution in [1.29, 1.82) is 0 Å². The number of halogens is 3. The van der Waals surface area contributed by atoms with Crippen LogP contribution in [0.5, 0.6) is 0 Å². The van der Waals surface area contributed by atoms with Crippen molar-refractivity contribution < 1.29 is 26.4 Å². The molecule has 1 N–H and O–H groups in total. The van der Waals surface area contributed by atoms with E-state index in [4.69, 9.17) is 0 Å². The first-order valence-electron chi connectivity index (χ1n) is 7.59. The Balaban J connectivity index is 2.42. The third kappa shape index (κ3) is 5.07. The molecule has 142 valence electrons. The first-order valence-corrected chi connectivity index (χ1v) is 9.65. The lowest BCUT2D eigenvalue weighted by Crippen LogP contribution is -2.19. The summed E-state index contributed by atoms with van der Waals surface area (Å²) >= 11 is 0. The van der Waals surface area contributed by atoms with E-state index < -0.39 is 33.2 Å². The maximum absolute atomic E-state index is 13.0. The number of hydrogen-bond donors (Lipinski definition) is 1. The number of rotatable bonds is 5. The number of nitrogens with zero attached hydrogens (tertiary/aromatic N) is 2. The molecule has 10 heteroatoms. The SMILES string of the molecule is Cc1cc(C)n(-c2ccc(C(F)(F)F)cc2NC(=O)CCS(C)(=O)=O)n1. The maximum atomic E-state index is 13.0. The quantitative estimate of drug-likeness (QED) is 0.853. The molecule has 0 saturated heterocycles. The molecule has 2 rings (SSSR count). The minimum absolute atomic E-state index is 0.0930. The average molecular weight is 389 g/mol. The minimum atomic E-state index is -4.58. The van der Waals surface area contributed by atoms with Gasteiger partial charge in [0.15, 0.2) is 0 Å². The number of aromatic nitrogens is 2. The normalized spacial score (nSPS) is 12.2. The van der Waals surface area contributed by atoms with Crippen LogP contribution in [-0.2, 0) is 20.8 Å². The van der Waals surface area contributed by atoms with E-state index in [1.165, 1.54) is 10.7 Å². The standard InChI is InChI=1S/C16H18F3N3O3S/c1-10-8-11(2)22(21-10)14-5-4-12(16(17,18)19)9-13(14)20-15(23)6-7-26(3,24)25/h4-5,8-9H,6-7H2,1-3H3,(H,20,23). The molecule has 0 aliphatic carbocycles. The van der Waals surface area contributed by atoms with Crippen molar-refractivity contribution in [2.24, 2.45) is 0 Å². The predicted molar refractivity (Wildman–Crippen MR) is 91.0 cm³/mol. The van der Waals surface area contributed by atoms with E-state index in [2.05, 4.69) is 10.4 Å². The highest BCUT2D eigenvalue weighted by atomic mass is 32.2. The van der Waals surface area contributed by atoms with Gasteiger partial charge in [-0.3, -0.25) is 4.79 Å². The summed E-state index contributed by atoms with van der Waals surface area (Å²) in [4.78, 5) is 12.0. The van der Waals surface area contributed by atoms with E-state index in [1.807, 2.05) is 0 Å². The van der Waals surface area contributed by atoms with Crippen molar-refractivity contribution in [3.63, 3.8) is 0 Å². The molecule has 0 bridgehead atoms. The van der Waals surface area contributed by atoms with Crippen LogP contribution in [0.25, 0.3) is 5.69 Å². The van der Waals surface area contributed by atoms with Gasteiger partial charge in [-0.05, 0) is 38.1 Å². The summed E-state index contributed by atoms with van der Waals surface area (Å²) in [6.07, 6.45) is -3.96. The van der Waals surface area contributed by atoms with Gasteiger partial charge in [-0.2, -0.15) is 18.3 Å². The van der Waals surface area contributed by atoms with E-state index in [1.54, 1.807) is 19.9 Å². The van der Waals surface area contributed by atoms with Crippen molar-refractivity contribution in [3.05, 3.63) is 41.2 Å². The number of nitrogens with one attached hydrogen (secondary N) is 1. The third-order valence-electron chi connectivity index (χ3n) is 3.54. The third-order valence-corrected chi connectivity index (χ3v) is 4.48. The average Bonchev–Trinajstić information content (AvgIpc) is 2.82. The van der Waals surface area contributed by atoms with Crippen LogP contribution in [0.15, 0.2) is 24.3 Å². The highest BCUT2D eigenvalue weighted by molar-refractivity contribution is 7.90. The fraction of sp³-hybridized carbons (Fsp3) is 0.375. The van der Waals surface area contributed by atoms with Gasteiger partial charge >= 0.3 is 6.18 Å². The molecule has 26 heavy (non-hydrogen) atoms. The molecule has 0 atom stereocenters. The summed E-state index contributed by atoms with van der Waals surface area (Å²) in [6, 6.07) is 4.67. The number of aryl methyl sites for hydroxylation is 2. The molecule has 0 unspecified atom stereocenters. The Bertz CT molecular complexity index is 934. The minimum Gasteiger partial charge on any atom is -0.324 e. The number of anilines is 1. The smallest absolute Gasteiger partial charge is 0.324 e. The Morgan fingerprint density at radius 2 is 1.88 bits per heavy atom. The molecular weight excluding hydrogens is 371 g/mol. The zero-order chi connectivity index (χ0) is 19.7. The molecule has 2 aromatic rings. The molecule has 1 aromatic carbocycles. The number of sulfone groups is 1. The lowest BCUT2D eigenvalue weighted by atomic mass is 10.1. The second-order valence-electron chi connectivity index (χ2n) is 6.00. The molecule has 0 radical (unpaired) electrons. The van der Waals surface area contributed by atoms with Crippen LogP contribution in [0, 0.1) is 13.8 Å². The van der Waals surface area contributed by atoms with Gasteiger partial charge in [-0.1, -0.05) is 0 Å². The van der Waals surface area contributed by atoms with Gasteiger partial charge in [0.05, 0.1) is 28.4 Å². The summed E-state index contributed by atoms with van der Waals surface area (Å²) < 4.78 is 62.8. The number of amides is 1. The molecule has 0 spiro atoms. The molecule has 0 saturated carbocycles. The second-order valence-corrected chi connectivity index (χ2v) is 8.26. The van der Waals surface area contributed by atoms with E-state index >= 15 is 0 Å². The predicted octanol–water partition coefficient (Wildman–Crippen LogP) is 2.88. The van der Waals surface area contributed by atoms with Gasteiger partial charge in [-0.25, -0.2) is 13.1 Å². The van der Waals surface area contributed by atoms with Gasteiger partial charge < -0.3 is 5.32 Å². The van der Waals surface area contributed by atoms with Crippen LogP contribution in [0.4, 0.5) is 18.9 Å². The van der Waals surface area contributed by atoms with Crippen molar-refractivity contribution in [2.45, 2.75) is 26.4 Å². The van der Waals surface area contributed by atoms with Gasteiger partial charge in [0.1, 0.15) is 9.84 Å². The first-order chi connectivity index (χ1) is 11.9. The fourth-order valence-corrected chi connectivity index (χ4v) is 2.92. The molecule has 1 amide bonds. The topological polar surface area (TPSA) is 81.1 Å². The number of carbonyl (C=O) groups is 1.